The number of H-pyrrole nitrogens is 2. The number of anilines is 1. The minimum Gasteiger partial charge on any atom is -0.382 e. The van der Waals surface area contributed by atoms with Crippen molar-refractivity contribution in [2.24, 2.45) is 0 Å². The first-order valence-electron chi connectivity index (χ1n) is 7.39. The number of piperidine rings is 1. The zero-order chi connectivity index (χ0) is 13.7. The number of aromatic amines is 2. The molecule has 2 aliphatic heterocycles. The average molecular weight is 272 g/mol. The molecule has 2 unspecified atom stereocenters. The second-order valence-electron chi connectivity index (χ2n) is 6.20. The number of benzene rings is 1. The van der Waals surface area contributed by atoms with Crippen molar-refractivity contribution < 1.29 is 0 Å². The molecule has 0 amide bonds. The zero-order valence-corrected chi connectivity index (χ0v) is 11.6. The Hall–Kier alpha value is -1.75. The van der Waals surface area contributed by atoms with E-state index in [2.05, 4.69) is 27.2 Å². The Kier molecular flexibility index (Phi) is 2.63. The van der Waals surface area contributed by atoms with Crippen molar-refractivity contribution in [1.29, 1.82) is 0 Å². The molecule has 2 aromatic rings. The topological polar surface area (TPSA) is 63.9 Å². The Bertz CT molecular complexity index is 674. The third kappa shape index (κ3) is 1.93. The lowest BCUT2D eigenvalue weighted by Gasteiger charge is -2.37. The standard InChI is InChI=1S/C15H20N4O/c1-19-11-3-4-12(19)7-10(6-11)16-9-2-5-13-14(8-9)18-15(20)17-13/h2,5,8,10-12,16H,3-4,6-7H2,1H3,(H2,17,18,20). The van der Waals surface area contributed by atoms with E-state index in [0.717, 1.165) is 28.8 Å². The van der Waals surface area contributed by atoms with Gasteiger partial charge in [-0.05, 0) is 50.9 Å². The summed E-state index contributed by atoms with van der Waals surface area (Å²) in [6.45, 7) is 0. The van der Waals surface area contributed by atoms with Crippen LogP contribution in [-0.2, 0) is 0 Å². The number of hydrogen-bond donors (Lipinski definition) is 3. The van der Waals surface area contributed by atoms with Gasteiger partial charge in [-0.2, -0.15) is 0 Å². The van der Waals surface area contributed by atoms with Gasteiger partial charge in [0, 0.05) is 23.8 Å². The van der Waals surface area contributed by atoms with Crippen LogP contribution in [0, 0.1) is 0 Å². The number of nitrogens with zero attached hydrogens (tertiary/aromatic N) is 1. The molecule has 0 aliphatic carbocycles. The van der Waals surface area contributed by atoms with Gasteiger partial charge >= 0.3 is 5.69 Å². The third-order valence-corrected chi connectivity index (χ3v) is 4.98. The monoisotopic (exact) mass is 272 g/mol. The Labute approximate surface area is 117 Å². The van der Waals surface area contributed by atoms with Gasteiger partial charge in [-0.15, -0.1) is 0 Å². The number of imidazole rings is 1. The van der Waals surface area contributed by atoms with Crippen molar-refractivity contribution in [1.82, 2.24) is 14.9 Å². The first-order valence-corrected chi connectivity index (χ1v) is 7.39. The molecule has 2 fully saturated rings. The van der Waals surface area contributed by atoms with E-state index in [4.69, 9.17) is 0 Å². The largest absolute Gasteiger partial charge is 0.382 e. The van der Waals surface area contributed by atoms with E-state index in [9.17, 15) is 4.79 Å². The van der Waals surface area contributed by atoms with Gasteiger partial charge in [-0.1, -0.05) is 0 Å². The van der Waals surface area contributed by atoms with Gasteiger partial charge in [-0.25, -0.2) is 4.79 Å². The smallest absolute Gasteiger partial charge is 0.323 e. The SMILES string of the molecule is CN1C2CCC1CC(Nc1ccc3[nH]c(=O)[nH]c3c1)C2. The second kappa shape index (κ2) is 4.38. The van der Waals surface area contributed by atoms with Gasteiger partial charge in [0.05, 0.1) is 11.0 Å². The predicted molar refractivity (Wildman–Crippen MR) is 80.1 cm³/mol. The molecular weight excluding hydrogens is 252 g/mol. The summed E-state index contributed by atoms with van der Waals surface area (Å²) in [6, 6.07) is 8.05. The van der Waals surface area contributed by atoms with Crippen LogP contribution in [0.4, 0.5) is 5.69 Å². The van der Waals surface area contributed by atoms with Crippen LogP contribution in [0.2, 0.25) is 0 Å². The van der Waals surface area contributed by atoms with E-state index in [1.165, 1.54) is 25.7 Å². The molecular formula is C15H20N4O. The van der Waals surface area contributed by atoms with Gasteiger partial charge in [0.25, 0.3) is 0 Å². The van der Waals surface area contributed by atoms with E-state index >= 15 is 0 Å². The third-order valence-electron chi connectivity index (χ3n) is 4.98. The van der Waals surface area contributed by atoms with Crippen LogP contribution in [0.5, 0.6) is 0 Å². The van der Waals surface area contributed by atoms with Crippen molar-refractivity contribution in [2.45, 2.75) is 43.8 Å². The van der Waals surface area contributed by atoms with E-state index < -0.39 is 0 Å². The number of fused-ring (bicyclic) bond motifs is 3. The number of rotatable bonds is 2. The summed E-state index contributed by atoms with van der Waals surface area (Å²) in [7, 11) is 2.26. The van der Waals surface area contributed by atoms with Crippen molar-refractivity contribution in [2.75, 3.05) is 12.4 Å². The fraction of sp³-hybridized carbons (Fsp3) is 0.533. The normalized spacial score (nSPS) is 29.9. The predicted octanol–water partition coefficient (Wildman–Crippen LogP) is 1.89. The Morgan fingerprint density at radius 1 is 1.15 bits per heavy atom. The van der Waals surface area contributed by atoms with Crippen LogP contribution in [-0.4, -0.2) is 40.0 Å². The van der Waals surface area contributed by atoms with E-state index in [0.29, 0.717) is 6.04 Å². The molecule has 2 bridgehead atoms. The van der Waals surface area contributed by atoms with Crippen LogP contribution in [0.1, 0.15) is 25.7 Å². The van der Waals surface area contributed by atoms with Crippen LogP contribution in [0.15, 0.2) is 23.0 Å². The molecule has 0 radical (unpaired) electrons. The average Bonchev–Trinajstić information content (AvgIpc) is 2.85. The highest BCUT2D eigenvalue weighted by atomic mass is 16.1. The summed E-state index contributed by atoms with van der Waals surface area (Å²) in [6.07, 6.45) is 5.11. The lowest BCUT2D eigenvalue weighted by atomic mass is 9.98. The minimum atomic E-state index is -0.144. The van der Waals surface area contributed by atoms with Gasteiger partial charge in [0.15, 0.2) is 0 Å². The van der Waals surface area contributed by atoms with E-state index in [1.807, 2.05) is 18.2 Å². The molecule has 2 saturated heterocycles. The van der Waals surface area contributed by atoms with Crippen LogP contribution in [0.25, 0.3) is 11.0 Å². The Balaban J connectivity index is 1.54. The summed E-state index contributed by atoms with van der Waals surface area (Å²) < 4.78 is 0. The Morgan fingerprint density at radius 3 is 2.60 bits per heavy atom. The number of nitrogens with one attached hydrogen (secondary N) is 3. The zero-order valence-electron chi connectivity index (χ0n) is 11.6. The van der Waals surface area contributed by atoms with Gasteiger partial charge in [0.2, 0.25) is 0 Å². The number of hydrogen-bond acceptors (Lipinski definition) is 3. The quantitative estimate of drug-likeness (QED) is 0.782. The summed E-state index contributed by atoms with van der Waals surface area (Å²) in [5, 5.41) is 3.64. The van der Waals surface area contributed by atoms with Crippen LogP contribution >= 0.6 is 0 Å². The first-order chi connectivity index (χ1) is 9.69. The second-order valence-corrected chi connectivity index (χ2v) is 6.20. The fourth-order valence-electron chi connectivity index (χ4n) is 3.89. The fourth-order valence-corrected chi connectivity index (χ4v) is 3.89. The molecule has 5 nitrogen and oxygen atoms in total. The highest BCUT2D eigenvalue weighted by Crippen LogP contribution is 2.35. The maximum absolute atomic E-state index is 11.3. The highest BCUT2D eigenvalue weighted by Gasteiger charge is 2.38. The lowest BCUT2D eigenvalue weighted by molar-refractivity contribution is 0.169. The molecule has 5 heteroatoms. The van der Waals surface area contributed by atoms with Crippen molar-refractivity contribution in [3.63, 3.8) is 0 Å². The van der Waals surface area contributed by atoms with Crippen molar-refractivity contribution in [3.05, 3.63) is 28.7 Å². The highest BCUT2D eigenvalue weighted by molar-refractivity contribution is 5.78. The van der Waals surface area contributed by atoms with Gasteiger partial charge in [0.1, 0.15) is 0 Å². The van der Waals surface area contributed by atoms with Gasteiger partial charge < -0.3 is 20.2 Å². The molecule has 4 rings (SSSR count). The molecule has 0 saturated carbocycles. The molecule has 1 aromatic heterocycles. The van der Waals surface area contributed by atoms with Crippen molar-refractivity contribution in [3.8, 4) is 0 Å². The van der Waals surface area contributed by atoms with Crippen LogP contribution < -0.4 is 11.0 Å². The molecule has 20 heavy (non-hydrogen) atoms. The van der Waals surface area contributed by atoms with Crippen molar-refractivity contribution >= 4 is 16.7 Å². The Morgan fingerprint density at radius 2 is 1.85 bits per heavy atom. The maximum atomic E-state index is 11.3. The maximum Gasteiger partial charge on any atom is 0.323 e. The van der Waals surface area contributed by atoms with E-state index in [1.54, 1.807) is 0 Å². The summed E-state index contributed by atoms with van der Waals surface area (Å²) in [5.74, 6) is 0. The summed E-state index contributed by atoms with van der Waals surface area (Å²) in [4.78, 5) is 19.4. The molecule has 3 heterocycles. The molecule has 2 aliphatic rings. The molecule has 2 atom stereocenters. The van der Waals surface area contributed by atoms with Crippen LogP contribution in [0.3, 0.4) is 0 Å². The molecule has 1 aromatic carbocycles. The molecule has 0 spiro atoms. The summed E-state index contributed by atoms with van der Waals surface area (Å²) >= 11 is 0. The van der Waals surface area contributed by atoms with E-state index in [-0.39, 0.29) is 5.69 Å². The minimum absolute atomic E-state index is 0.144. The molecule has 3 N–H and O–H groups in total. The van der Waals surface area contributed by atoms with Gasteiger partial charge in [-0.3, -0.25) is 0 Å². The first kappa shape index (κ1) is 12.0. The summed E-state index contributed by atoms with van der Waals surface area (Å²) in [5.41, 5.74) is 2.69. The number of aromatic nitrogens is 2. The molecule has 106 valence electrons. The lowest BCUT2D eigenvalue weighted by Crippen LogP contribution is -2.44.